The van der Waals surface area contributed by atoms with Crippen molar-refractivity contribution in [3.05, 3.63) is 0 Å². The van der Waals surface area contributed by atoms with Gasteiger partial charge in [-0.05, 0) is 43.9 Å². The van der Waals surface area contributed by atoms with Crippen molar-refractivity contribution in [1.82, 2.24) is 0 Å². The summed E-state index contributed by atoms with van der Waals surface area (Å²) in [5.74, 6) is 2.12. The highest BCUT2D eigenvalue weighted by molar-refractivity contribution is 7.99. The standard InChI is InChI=1S/C17H29NO4S/c1-10-4-5-13-11(2)14(23-9-8-18)19-15-17(13)12(10)6-7-16(3,20-15)21-22-17/h10-15H,4-9,18H2,1-3H3/t10-,11-,12+,13+,14-,15-,16-,17-/m1/s1. The molecule has 4 aliphatic heterocycles. The molecule has 0 amide bonds. The molecule has 1 aliphatic carbocycles. The summed E-state index contributed by atoms with van der Waals surface area (Å²) < 4.78 is 12.8. The molecule has 0 unspecified atom stereocenters. The molecule has 5 fully saturated rings. The minimum Gasteiger partial charge on any atom is -0.335 e. The summed E-state index contributed by atoms with van der Waals surface area (Å²) in [6.07, 6.45) is 4.03. The number of nitrogens with two attached hydrogens (primary N) is 1. The summed E-state index contributed by atoms with van der Waals surface area (Å²) in [6, 6.07) is 0. The average molecular weight is 343 g/mol. The summed E-state index contributed by atoms with van der Waals surface area (Å²) in [4.78, 5) is 11.9. The van der Waals surface area contributed by atoms with E-state index in [0.29, 0.717) is 30.2 Å². The molecule has 0 aromatic carbocycles. The van der Waals surface area contributed by atoms with Gasteiger partial charge in [0, 0.05) is 24.6 Å². The Morgan fingerprint density at radius 3 is 2.74 bits per heavy atom. The fraction of sp³-hybridized carbons (Fsp3) is 1.00. The van der Waals surface area contributed by atoms with Crippen LogP contribution in [-0.2, 0) is 19.2 Å². The molecule has 0 aromatic rings. The van der Waals surface area contributed by atoms with Gasteiger partial charge in [0.1, 0.15) is 5.44 Å². The Morgan fingerprint density at radius 1 is 1.13 bits per heavy atom. The van der Waals surface area contributed by atoms with Crippen LogP contribution in [-0.4, -0.2) is 35.4 Å². The highest BCUT2D eigenvalue weighted by Gasteiger charge is 2.69. The fourth-order valence-electron chi connectivity index (χ4n) is 5.25. The Labute approximate surface area is 142 Å². The van der Waals surface area contributed by atoms with E-state index in [-0.39, 0.29) is 11.7 Å². The Hall–Kier alpha value is 0.150. The van der Waals surface area contributed by atoms with E-state index in [1.54, 1.807) is 0 Å². The molecule has 5 aliphatic rings. The van der Waals surface area contributed by atoms with E-state index in [1.165, 1.54) is 6.42 Å². The van der Waals surface area contributed by atoms with E-state index in [9.17, 15) is 0 Å². The van der Waals surface area contributed by atoms with Crippen LogP contribution in [0.3, 0.4) is 0 Å². The van der Waals surface area contributed by atoms with Gasteiger partial charge in [-0.15, -0.1) is 11.8 Å². The van der Waals surface area contributed by atoms with Crippen LogP contribution in [0, 0.1) is 23.7 Å². The quantitative estimate of drug-likeness (QED) is 0.795. The maximum atomic E-state index is 6.44. The summed E-state index contributed by atoms with van der Waals surface area (Å²) in [5, 5.41) is 0. The molecule has 6 heteroatoms. The minimum atomic E-state index is -0.679. The molecule has 0 aromatic heterocycles. The van der Waals surface area contributed by atoms with Crippen LogP contribution in [0.25, 0.3) is 0 Å². The molecular formula is C17H29NO4S. The summed E-state index contributed by atoms with van der Waals surface area (Å²) in [5.41, 5.74) is 5.38. The molecule has 1 saturated carbocycles. The highest BCUT2D eigenvalue weighted by Crippen LogP contribution is 2.61. The van der Waals surface area contributed by atoms with Crippen molar-refractivity contribution < 1.29 is 19.2 Å². The first-order valence-electron chi connectivity index (χ1n) is 9.02. The number of ether oxygens (including phenoxy) is 2. The van der Waals surface area contributed by atoms with Gasteiger partial charge in [0.05, 0.1) is 0 Å². The Morgan fingerprint density at radius 2 is 1.96 bits per heavy atom. The first-order chi connectivity index (χ1) is 11.0. The average Bonchev–Trinajstić information content (AvgIpc) is 2.76. The van der Waals surface area contributed by atoms with Crippen LogP contribution in [0.1, 0.15) is 46.5 Å². The van der Waals surface area contributed by atoms with E-state index >= 15 is 0 Å². The molecule has 8 atom stereocenters. The highest BCUT2D eigenvalue weighted by atomic mass is 32.2. The number of hydrogen-bond acceptors (Lipinski definition) is 6. The van der Waals surface area contributed by atoms with Gasteiger partial charge in [0.25, 0.3) is 0 Å². The molecule has 4 saturated heterocycles. The van der Waals surface area contributed by atoms with Crippen LogP contribution in [0.2, 0.25) is 0 Å². The van der Waals surface area contributed by atoms with E-state index in [0.717, 1.165) is 25.0 Å². The van der Waals surface area contributed by atoms with Gasteiger partial charge in [-0.1, -0.05) is 13.8 Å². The first-order valence-corrected chi connectivity index (χ1v) is 10.1. The van der Waals surface area contributed by atoms with Crippen LogP contribution >= 0.6 is 11.8 Å². The molecule has 2 bridgehead atoms. The van der Waals surface area contributed by atoms with Gasteiger partial charge in [-0.2, -0.15) is 0 Å². The zero-order valence-electron chi connectivity index (χ0n) is 14.3. The van der Waals surface area contributed by atoms with Gasteiger partial charge in [0.2, 0.25) is 5.79 Å². The molecule has 0 radical (unpaired) electrons. The molecule has 23 heavy (non-hydrogen) atoms. The normalized spacial score (nSPS) is 55.3. The van der Waals surface area contributed by atoms with Gasteiger partial charge >= 0.3 is 0 Å². The van der Waals surface area contributed by atoms with Gasteiger partial charge in [-0.3, -0.25) is 0 Å². The topological polar surface area (TPSA) is 62.9 Å². The summed E-state index contributed by atoms with van der Waals surface area (Å²) in [7, 11) is 0. The lowest BCUT2D eigenvalue weighted by molar-refractivity contribution is -0.568. The van der Waals surface area contributed by atoms with Crippen molar-refractivity contribution in [2.75, 3.05) is 12.3 Å². The molecule has 5 rings (SSSR count). The maximum absolute atomic E-state index is 6.44. The van der Waals surface area contributed by atoms with Crippen molar-refractivity contribution >= 4 is 11.8 Å². The van der Waals surface area contributed by atoms with E-state index in [2.05, 4.69) is 13.8 Å². The summed E-state index contributed by atoms with van der Waals surface area (Å²) >= 11 is 1.81. The number of rotatable bonds is 3. The molecule has 1 spiro atoms. The van der Waals surface area contributed by atoms with E-state index in [1.807, 2.05) is 18.7 Å². The third kappa shape index (κ3) is 2.41. The van der Waals surface area contributed by atoms with Gasteiger partial charge in [0.15, 0.2) is 11.9 Å². The SMILES string of the molecule is C[C@H]1[C@@H](SCCN)O[C@@H]2O[C@@]3(C)CC[C@H]4[C@H](C)CC[C@@H]1[C@@]24OO3. The van der Waals surface area contributed by atoms with Crippen molar-refractivity contribution in [3.63, 3.8) is 0 Å². The monoisotopic (exact) mass is 343 g/mol. The lowest BCUT2D eigenvalue weighted by Gasteiger charge is -2.60. The lowest BCUT2D eigenvalue weighted by atomic mass is 9.58. The molecule has 132 valence electrons. The Bertz CT molecular complexity index is 466. The first kappa shape index (κ1) is 16.6. The second-order valence-corrected chi connectivity index (χ2v) is 9.14. The van der Waals surface area contributed by atoms with Crippen molar-refractivity contribution in [2.24, 2.45) is 29.4 Å². The maximum Gasteiger partial charge on any atom is 0.201 e. The zero-order valence-corrected chi connectivity index (χ0v) is 15.1. The van der Waals surface area contributed by atoms with E-state index < -0.39 is 11.4 Å². The second kappa shape index (κ2) is 5.85. The van der Waals surface area contributed by atoms with Crippen LogP contribution < -0.4 is 5.73 Å². The van der Waals surface area contributed by atoms with Gasteiger partial charge in [-0.25, -0.2) is 9.78 Å². The minimum absolute atomic E-state index is 0.125. The predicted octanol–water partition coefficient (Wildman–Crippen LogP) is 2.89. The van der Waals surface area contributed by atoms with Crippen molar-refractivity contribution in [2.45, 2.75) is 69.6 Å². The molecular weight excluding hydrogens is 314 g/mol. The van der Waals surface area contributed by atoms with Gasteiger partial charge < -0.3 is 15.2 Å². The zero-order chi connectivity index (χ0) is 16.2. The third-order valence-corrected chi connectivity index (χ3v) is 7.84. The number of hydrogen-bond donors (Lipinski definition) is 1. The van der Waals surface area contributed by atoms with Crippen LogP contribution in [0.4, 0.5) is 0 Å². The smallest absolute Gasteiger partial charge is 0.201 e. The second-order valence-electron chi connectivity index (χ2n) is 7.93. The largest absolute Gasteiger partial charge is 0.335 e. The Balaban J connectivity index is 1.70. The predicted molar refractivity (Wildman–Crippen MR) is 88.3 cm³/mol. The van der Waals surface area contributed by atoms with E-state index in [4.69, 9.17) is 25.0 Å². The summed E-state index contributed by atoms with van der Waals surface area (Å²) in [6.45, 7) is 7.28. The van der Waals surface area contributed by atoms with Crippen molar-refractivity contribution in [1.29, 1.82) is 0 Å². The molecule has 5 nitrogen and oxygen atoms in total. The number of fused-ring (bicyclic) bond motifs is 2. The fourth-order valence-corrected chi connectivity index (χ4v) is 6.29. The molecule has 4 heterocycles. The van der Waals surface area contributed by atoms with Crippen LogP contribution in [0.5, 0.6) is 0 Å². The number of thioether (sulfide) groups is 1. The van der Waals surface area contributed by atoms with Crippen LogP contribution in [0.15, 0.2) is 0 Å². The lowest BCUT2D eigenvalue weighted by Crippen LogP contribution is -2.70. The van der Waals surface area contributed by atoms with Crippen molar-refractivity contribution in [3.8, 4) is 0 Å². The Kier molecular flexibility index (Phi) is 4.23. The third-order valence-electron chi connectivity index (χ3n) is 6.50. The molecule has 2 N–H and O–H groups in total.